The first-order valence-electron chi connectivity index (χ1n) is 10.4. The molecule has 0 fully saturated rings. The Hall–Kier alpha value is -2.70. The van der Waals surface area contributed by atoms with Crippen molar-refractivity contribution >= 4 is 29.2 Å². The third kappa shape index (κ3) is 11.7. The van der Waals surface area contributed by atoms with Crippen LogP contribution in [0.5, 0.6) is 0 Å². The second-order valence-corrected chi connectivity index (χ2v) is 7.13. The van der Waals surface area contributed by atoms with Gasteiger partial charge < -0.3 is 10.4 Å². The number of carbonyl (C=O) groups is 3. The van der Waals surface area contributed by atoms with E-state index in [-0.39, 0.29) is 24.7 Å². The Morgan fingerprint density at radius 2 is 1.62 bits per heavy atom. The molecule has 2 amide bonds. The van der Waals surface area contributed by atoms with Crippen molar-refractivity contribution in [3.63, 3.8) is 0 Å². The lowest BCUT2D eigenvalue weighted by Crippen LogP contribution is -2.19. The zero-order valence-corrected chi connectivity index (χ0v) is 17.5. The molecule has 1 aromatic carbocycles. The summed E-state index contributed by atoms with van der Waals surface area (Å²) < 4.78 is 0. The lowest BCUT2D eigenvalue weighted by Gasteiger charge is -2.08. The van der Waals surface area contributed by atoms with Crippen LogP contribution in [-0.4, -0.2) is 28.6 Å². The maximum atomic E-state index is 11.9. The molecule has 0 aromatic heterocycles. The van der Waals surface area contributed by atoms with Crippen LogP contribution in [0.15, 0.2) is 29.4 Å². The van der Waals surface area contributed by atoms with Gasteiger partial charge in [0, 0.05) is 24.9 Å². The van der Waals surface area contributed by atoms with Crippen LogP contribution >= 0.6 is 0 Å². The van der Waals surface area contributed by atoms with E-state index in [0.29, 0.717) is 24.2 Å². The highest BCUT2D eigenvalue weighted by molar-refractivity contribution is 6.01. The quantitative estimate of drug-likeness (QED) is 0.242. The second kappa shape index (κ2) is 14.3. The molecule has 29 heavy (non-hydrogen) atoms. The number of aliphatic carboxylic acids is 1. The van der Waals surface area contributed by atoms with Gasteiger partial charge in [-0.25, -0.2) is 5.43 Å². The van der Waals surface area contributed by atoms with Gasteiger partial charge in [-0.05, 0) is 37.5 Å². The van der Waals surface area contributed by atoms with Crippen molar-refractivity contribution in [3.8, 4) is 0 Å². The van der Waals surface area contributed by atoms with Gasteiger partial charge in [0.05, 0.1) is 5.71 Å². The smallest absolute Gasteiger partial charge is 0.303 e. The van der Waals surface area contributed by atoms with Gasteiger partial charge in [-0.1, -0.05) is 51.2 Å². The van der Waals surface area contributed by atoms with Crippen molar-refractivity contribution in [1.82, 2.24) is 5.43 Å². The molecule has 0 aliphatic carbocycles. The number of hydrogen-bond acceptors (Lipinski definition) is 4. The number of hydrazone groups is 1. The summed E-state index contributed by atoms with van der Waals surface area (Å²) >= 11 is 0. The average Bonchev–Trinajstić information content (AvgIpc) is 2.68. The third-order valence-electron chi connectivity index (χ3n) is 4.46. The number of carboxylic acid groups (broad SMARTS) is 1. The van der Waals surface area contributed by atoms with Crippen LogP contribution in [0.1, 0.15) is 83.6 Å². The standard InChI is InChI=1S/C22H33N3O4/c1-3-4-5-6-7-8-13-21(27)25-24-17(2)18-11-9-12-19(16-18)23-20(26)14-10-15-22(28)29/h9,11-12,16H,3-8,10,13-15H2,1-2H3,(H,23,26)(H,25,27)(H,28,29). The van der Waals surface area contributed by atoms with Gasteiger partial charge in [-0.15, -0.1) is 0 Å². The summed E-state index contributed by atoms with van der Waals surface area (Å²) in [7, 11) is 0. The lowest BCUT2D eigenvalue weighted by molar-refractivity contribution is -0.137. The minimum absolute atomic E-state index is 0.0301. The fourth-order valence-electron chi connectivity index (χ4n) is 2.78. The molecule has 160 valence electrons. The van der Waals surface area contributed by atoms with Crippen molar-refractivity contribution in [3.05, 3.63) is 29.8 Å². The predicted molar refractivity (Wildman–Crippen MR) is 115 cm³/mol. The summed E-state index contributed by atoms with van der Waals surface area (Å²) in [5.74, 6) is -1.24. The summed E-state index contributed by atoms with van der Waals surface area (Å²) in [5, 5.41) is 15.5. The SMILES string of the molecule is CCCCCCCCC(=O)NN=C(C)c1cccc(NC(=O)CCCC(=O)O)c1. The maximum absolute atomic E-state index is 11.9. The van der Waals surface area contributed by atoms with E-state index in [1.807, 2.05) is 6.07 Å². The Balaban J connectivity index is 2.44. The number of anilines is 1. The van der Waals surface area contributed by atoms with Crippen LogP contribution in [0.3, 0.4) is 0 Å². The number of nitrogens with zero attached hydrogens (tertiary/aromatic N) is 1. The van der Waals surface area contributed by atoms with Gasteiger partial charge in [0.1, 0.15) is 0 Å². The van der Waals surface area contributed by atoms with Crippen LogP contribution in [0, 0.1) is 0 Å². The molecule has 0 aliphatic rings. The second-order valence-electron chi connectivity index (χ2n) is 7.13. The van der Waals surface area contributed by atoms with Crippen molar-refractivity contribution in [2.24, 2.45) is 5.10 Å². The maximum Gasteiger partial charge on any atom is 0.303 e. The van der Waals surface area contributed by atoms with Gasteiger partial charge in [0.2, 0.25) is 11.8 Å². The van der Waals surface area contributed by atoms with E-state index in [9.17, 15) is 14.4 Å². The monoisotopic (exact) mass is 403 g/mol. The molecular weight excluding hydrogens is 370 g/mol. The summed E-state index contributed by atoms with van der Waals surface area (Å²) in [4.78, 5) is 34.3. The Bertz CT molecular complexity index is 701. The third-order valence-corrected chi connectivity index (χ3v) is 4.46. The molecule has 1 rings (SSSR count). The van der Waals surface area contributed by atoms with E-state index in [2.05, 4.69) is 22.8 Å². The van der Waals surface area contributed by atoms with Crippen LogP contribution < -0.4 is 10.7 Å². The molecule has 0 atom stereocenters. The fraction of sp³-hybridized carbons (Fsp3) is 0.545. The molecule has 0 unspecified atom stereocenters. The van der Waals surface area contributed by atoms with E-state index in [0.717, 1.165) is 24.8 Å². The first-order valence-corrected chi connectivity index (χ1v) is 10.4. The highest BCUT2D eigenvalue weighted by Gasteiger charge is 2.06. The number of nitrogens with one attached hydrogen (secondary N) is 2. The van der Waals surface area contributed by atoms with Gasteiger partial charge in [0.25, 0.3) is 0 Å². The normalized spacial score (nSPS) is 11.2. The van der Waals surface area contributed by atoms with Crippen LogP contribution in [-0.2, 0) is 14.4 Å². The van der Waals surface area contributed by atoms with E-state index in [1.165, 1.54) is 19.3 Å². The molecule has 7 heteroatoms. The summed E-state index contributed by atoms with van der Waals surface area (Å²) in [6.07, 6.45) is 7.66. The molecular formula is C22H33N3O4. The number of rotatable bonds is 14. The van der Waals surface area contributed by atoms with Crippen LogP contribution in [0.4, 0.5) is 5.69 Å². The van der Waals surface area contributed by atoms with E-state index >= 15 is 0 Å². The molecule has 0 bridgehead atoms. The minimum atomic E-state index is -0.912. The molecule has 3 N–H and O–H groups in total. The minimum Gasteiger partial charge on any atom is -0.481 e. The number of hydrogen-bond donors (Lipinski definition) is 3. The van der Waals surface area contributed by atoms with Gasteiger partial charge in [-0.3, -0.25) is 14.4 Å². The van der Waals surface area contributed by atoms with Crippen LogP contribution in [0.2, 0.25) is 0 Å². The topological polar surface area (TPSA) is 108 Å². The molecule has 1 aromatic rings. The summed E-state index contributed by atoms with van der Waals surface area (Å²) in [5.41, 5.74) is 4.62. The van der Waals surface area contributed by atoms with Gasteiger partial charge in [-0.2, -0.15) is 5.10 Å². The molecule has 0 spiro atoms. The molecule has 7 nitrogen and oxygen atoms in total. The van der Waals surface area contributed by atoms with Crippen molar-refractivity contribution < 1.29 is 19.5 Å². The molecule has 0 radical (unpaired) electrons. The predicted octanol–water partition coefficient (Wildman–Crippen LogP) is 4.47. The largest absolute Gasteiger partial charge is 0.481 e. The van der Waals surface area contributed by atoms with Gasteiger partial charge >= 0.3 is 5.97 Å². The molecule has 0 saturated heterocycles. The number of carboxylic acids is 1. The molecule has 0 saturated carbocycles. The number of carbonyl (C=O) groups excluding carboxylic acids is 2. The average molecular weight is 404 g/mol. The Morgan fingerprint density at radius 1 is 0.931 bits per heavy atom. The first kappa shape index (κ1) is 24.3. The van der Waals surface area contributed by atoms with E-state index < -0.39 is 5.97 Å². The molecule has 0 heterocycles. The zero-order chi connectivity index (χ0) is 21.5. The highest BCUT2D eigenvalue weighted by atomic mass is 16.4. The fourth-order valence-corrected chi connectivity index (χ4v) is 2.78. The number of amides is 2. The number of unbranched alkanes of at least 4 members (excludes halogenated alkanes) is 5. The van der Waals surface area contributed by atoms with E-state index in [1.54, 1.807) is 25.1 Å². The zero-order valence-electron chi connectivity index (χ0n) is 17.5. The van der Waals surface area contributed by atoms with E-state index in [4.69, 9.17) is 5.11 Å². The summed E-state index contributed by atoms with van der Waals surface area (Å²) in [6.45, 7) is 3.97. The molecule has 0 aliphatic heterocycles. The first-order chi connectivity index (χ1) is 13.9. The van der Waals surface area contributed by atoms with Crippen molar-refractivity contribution in [2.45, 2.75) is 78.1 Å². The van der Waals surface area contributed by atoms with Crippen molar-refractivity contribution in [2.75, 3.05) is 5.32 Å². The Morgan fingerprint density at radius 3 is 2.34 bits per heavy atom. The number of benzene rings is 1. The van der Waals surface area contributed by atoms with Crippen LogP contribution in [0.25, 0.3) is 0 Å². The Kier molecular flexibility index (Phi) is 12.0. The van der Waals surface area contributed by atoms with Gasteiger partial charge in [0.15, 0.2) is 0 Å². The van der Waals surface area contributed by atoms with Crippen molar-refractivity contribution in [1.29, 1.82) is 0 Å². The summed E-state index contributed by atoms with van der Waals surface area (Å²) in [6, 6.07) is 7.16. The Labute approximate surface area is 173 Å². The highest BCUT2D eigenvalue weighted by Crippen LogP contribution is 2.13. The lowest BCUT2D eigenvalue weighted by atomic mass is 10.1.